The number of aromatic hydroxyl groups is 3. The molecule has 2 aromatic rings. The highest BCUT2D eigenvalue weighted by Gasteiger charge is 2.39. The molecule has 1 fully saturated rings. The monoisotopic (exact) mass is 422 g/mol. The van der Waals surface area contributed by atoms with Crippen LogP contribution in [0.2, 0.25) is 0 Å². The van der Waals surface area contributed by atoms with Crippen molar-refractivity contribution >= 4 is 0 Å². The van der Waals surface area contributed by atoms with Gasteiger partial charge in [-0.05, 0) is 17.7 Å². The Morgan fingerprint density at radius 1 is 0.833 bits per heavy atom. The highest BCUT2D eigenvalue weighted by molar-refractivity contribution is 5.52. The van der Waals surface area contributed by atoms with Gasteiger partial charge in [-0.25, -0.2) is 0 Å². The number of phenolic OH excluding ortho intramolecular Hbond substituents is 3. The zero-order valence-corrected chi connectivity index (χ0v) is 15.6. The molecule has 0 radical (unpaired) electrons. The van der Waals surface area contributed by atoms with Gasteiger partial charge in [0, 0.05) is 24.1 Å². The molecule has 162 valence electrons. The Labute approximate surface area is 170 Å². The first kappa shape index (κ1) is 20.5. The van der Waals surface area contributed by atoms with Crippen LogP contribution in [-0.4, -0.2) is 73.1 Å². The second kappa shape index (κ2) is 7.82. The zero-order valence-electron chi connectivity index (χ0n) is 15.6. The quantitative estimate of drug-likeness (QED) is 0.325. The number of fused-ring (bicyclic) bond motifs is 1. The van der Waals surface area contributed by atoms with Gasteiger partial charge < -0.3 is 50.0 Å². The fourth-order valence-electron chi connectivity index (χ4n) is 3.54. The highest BCUT2D eigenvalue weighted by Crippen LogP contribution is 2.43. The van der Waals surface area contributed by atoms with Crippen LogP contribution in [0, 0.1) is 0 Å². The van der Waals surface area contributed by atoms with Gasteiger partial charge in [-0.3, -0.25) is 0 Å². The Hall–Kier alpha value is -2.76. The van der Waals surface area contributed by atoms with Crippen LogP contribution in [0.4, 0.5) is 0 Å². The Kier molecular flexibility index (Phi) is 5.35. The average molecular weight is 422 g/mol. The van der Waals surface area contributed by atoms with Gasteiger partial charge in [0.1, 0.15) is 41.7 Å². The molecule has 0 bridgehead atoms. The number of rotatable bonds is 3. The van der Waals surface area contributed by atoms with Crippen LogP contribution in [0.25, 0.3) is 0 Å². The van der Waals surface area contributed by atoms with E-state index >= 15 is 0 Å². The molecule has 2 heterocycles. The van der Waals surface area contributed by atoms with Crippen molar-refractivity contribution in [1.82, 2.24) is 0 Å². The van der Waals surface area contributed by atoms with Gasteiger partial charge >= 0.3 is 0 Å². The Balaban J connectivity index is 1.58. The van der Waals surface area contributed by atoms with Gasteiger partial charge in [-0.2, -0.15) is 0 Å². The molecule has 4 rings (SSSR count). The summed E-state index contributed by atoms with van der Waals surface area (Å²) in [5.74, 6) is -0.602. The Morgan fingerprint density at radius 3 is 2.33 bits per heavy atom. The summed E-state index contributed by atoms with van der Waals surface area (Å²) in [5, 5.41) is 69.3. The van der Waals surface area contributed by atoms with Crippen LogP contribution in [0.1, 0.15) is 17.2 Å². The number of aliphatic hydroxyl groups excluding tert-OH is 4. The predicted molar refractivity (Wildman–Crippen MR) is 99.3 cm³/mol. The number of ether oxygens (including phenoxy) is 3. The minimum Gasteiger partial charge on any atom is -0.507 e. The van der Waals surface area contributed by atoms with Crippen molar-refractivity contribution in [1.29, 1.82) is 0 Å². The van der Waals surface area contributed by atoms with E-state index in [1.54, 1.807) is 0 Å². The maximum absolute atomic E-state index is 10.5. The lowest BCUT2D eigenvalue weighted by Gasteiger charge is -2.35. The normalized spacial score (nSPS) is 30.9. The van der Waals surface area contributed by atoms with Crippen LogP contribution < -0.4 is 9.47 Å². The molecule has 10 nitrogen and oxygen atoms in total. The van der Waals surface area contributed by atoms with E-state index in [1.807, 2.05) is 0 Å². The Morgan fingerprint density at radius 2 is 1.60 bits per heavy atom. The second-order valence-corrected chi connectivity index (χ2v) is 7.35. The van der Waals surface area contributed by atoms with Crippen molar-refractivity contribution in [3.63, 3.8) is 0 Å². The molecule has 30 heavy (non-hydrogen) atoms. The topological polar surface area (TPSA) is 169 Å². The lowest BCUT2D eigenvalue weighted by atomic mass is 9.94. The molecule has 2 aliphatic rings. The van der Waals surface area contributed by atoms with E-state index < -0.39 is 36.8 Å². The summed E-state index contributed by atoms with van der Waals surface area (Å²) >= 11 is 0. The number of phenols is 3. The van der Waals surface area contributed by atoms with E-state index in [0.717, 1.165) is 0 Å². The van der Waals surface area contributed by atoms with Crippen LogP contribution in [0.15, 0.2) is 30.3 Å². The molecule has 10 heteroatoms. The summed E-state index contributed by atoms with van der Waals surface area (Å²) in [6.07, 6.45) is -7.34. The Bertz CT molecular complexity index is 932. The van der Waals surface area contributed by atoms with Crippen LogP contribution in [0.5, 0.6) is 28.7 Å². The summed E-state index contributed by atoms with van der Waals surface area (Å²) in [4.78, 5) is 0. The number of benzene rings is 2. The first-order chi connectivity index (χ1) is 14.2. The van der Waals surface area contributed by atoms with Gasteiger partial charge in [0.2, 0.25) is 6.29 Å². The molecule has 0 amide bonds. The number of hydrogen-bond acceptors (Lipinski definition) is 10. The zero-order chi connectivity index (χ0) is 21.6. The lowest BCUT2D eigenvalue weighted by molar-refractivity contribution is -0.242. The summed E-state index contributed by atoms with van der Waals surface area (Å²) in [7, 11) is 0. The minimum absolute atomic E-state index is 0.0568. The molecular weight excluding hydrogens is 400 g/mol. The molecule has 7 N–H and O–H groups in total. The van der Waals surface area contributed by atoms with Crippen molar-refractivity contribution < 1.29 is 50.0 Å². The predicted octanol–water partition coefficient (Wildman–Crippen LogP) is -0.342. The van der Waals surface area contributed by atoms with Crippen LogP contribution in [-0.2, 0) is 11.2 Å². The van der Waals surface area contributed by atoms with E-state index in [-0.39, 0.29) is 41.8 Å². The van der Waals surface area contributed by atoms with Gasteiger partial charge in [-0.1, -0.05) is 6.07 Å². The van der Waals surface area contributed by atoms with Crippen molar-refractivity contribution in [3.05, 3.63) is 41.5 Å². The van der Waals surface area contributed by atoms with E-state index in [1.165, 1.54) is 30.3 Å². The fraction of sp³-hybridized carbons (Fsp3) is 0.400. The summed E-state index contributed by atoms with van der Waals surface area (Å²) < 4.78 is 16.5. The summed E-state index contributed by atoms with van der Waals surface area (Å²) in [5.41, 5.74) is 0.757. The third-order valence-corrected chi connectivity index (χ3v) is 5.21. The van der Waals surface area contributed by atoms with E-state index in [2.05, 4.69) is 0 Å². The summed E-state index contributed by atoms with van der Waals surface area (Å²) in [6.45, 7) is -0.241. The van der Waals surface area contributed by atoms with E-state index in [4.69, 9.17) is 14.2 Å². The van der Waals surface area contributed by atoms with Crippen LogP contribution in [0.3, 0.4) is 0 Å². The van der Waals surface area contributed by atoms with Gasteiger partial charge in [0.15, 0.2) is 11.5 Å². The molecular formula is C20H22O10. The maximum Gasteiger partial charge on any atom is 0.228 e. The van der Waals surface area contributed by atoms with E-state index in [0.29, 0.717) is 11.1 Å². The number of hydrogen-bond donors (Lipinski definition) is 7. The van der Waals surface area contributed by atoms with Gasteiger partial charge in [0.25, 0.3) is 0 Å². The van der Waals surface area contributed by atoms with Crippen molar-refractivity contribution in [2.75, 3.05) is 6.61 Å². The minimum atomic E-state index is -1.51. The highest BCUT2D eigenvalue weighted by atomic mass is 16.7. The van der Waals surface area contributed by atoms with Crippen molar-refractivity contribution in [2.24, 2.45) is 0 Å². The number of aliphatic hydroxyl groups is 4. The largest absolute Gasteiger partial charge is 0.507 e. The molecule has 6 atom stereocenters. The van der Waals surface area contributed by atoms with E-state index in [9.17, 15) is 35.7 Å². The first-order valence-corrected chi connectivity index (χ1v) is 9.29. The summed E-state index contributed by atoms with van der Waals surface area (Å²) in [6, 6.07) is 6.73. The molecule has 0 aliphatic carbocycles. The second-order valence-electron chi connectivity index (χ2n) is 7.35. The molecule has 1 saturated heterocycles. The maximum atomic E-state index is 10.5. The molecule has 2 aliphatic heterocycles. The van der Waals surface area contributed by atoms with Gasteiger partial charge in [0.05, 0.1) is 12.7 Å². The first-order valence-electron chi connectivity index (χ1n) is 9.29. The standard InChI is InChI=1S/C20H22O10/c21-11-2-1-8(3-13(11)23)19-14(24)6-10-12(22)4-9(5-16(10)30-19)29-20-18(27)17(26)15(25)7-28-20/h1-5,14-15,17-27H,6-7H2/t14-,15+,17-,18?,19+,20-/m0/s1. The van der Waals surface area contributed by atoms with Crippen molar-refractivity contribution in [3.8, 4) is 28.7 Å². The smallest absolute Gasteiger partial charge is 0.228 e. The SMILES string of the molecule is Oc1ccc([C@H]2Oc3cc(O[C@@H]4OC[C@@H](O)[C@H](O)C4O)cc(O)c3C[C@@H]2O)cc1O. The van der Waals surface area contributed by atoms with Crippen LogP contribution >= 0.6 is 0 Å². The lowest BCUT2D eigenvalue weighted by Crippen LogP contribution is -2.54. The van der Waals surface area contributed by atoms with Gasteiger partial charge in [-0.15, -0.1) is 0 Å². The third-order valence-electron chi connectivity index (χ3n) is 5.21. The fourth-order valence-corrected chi connectivity index (χ4v) is 3.54. The molecule has 1 unspecified atom stereocenters. The molecule has 0 aromatic heterocycles. The molecule has 0 saturated carbocycles. The molecule has 2 aromatic carbocycles. The van der Waals surface area contributed by atoms with Crippen molar-refractivity contribution in [2.45, 2.75) is 43.2 Å². The average Bonchev–Trinajstić information content (AvgIpc) is 2.71. The third kappa shape index (κ3) is 3.71. The molecule has 0 spiro atoms.